The van der Waals surface area contributed by atoms with Gasteiger partial charge in [0.25, 0.3) is 0 Å². The van der Waals surface area contributed by atoms with Crippen molar-refractivity contribution < 1.29 is 30.0 Å². The van der Waals surface area contributed by atoms with Gasteiger partial charge in [0.15, 0.2) is 0 Å². The second-order valence-electron chi connectivity index (χ2n) is 18.7. The monoisotopic (exact) mass is 638 g/mol. The molecule has 0 amide bonds. The Balaban J connectivity index is 1.27. The number of carboxylic acids is 2. The standard InChI is InChI=1S/C40H62O6/c1-23(2)26-14-17-40(35(45)46)19-18-38(6)27(34(26)40)10-12-32-37(5)22-30(42)28(36(3,4)31(37)15-16-39(32,38)7)21-25-20-24(8-11-29(25)41)9-13-33(43)44/h9,13,24-32,34,41-42H,1,8,10-12,14-22H2,2-7H3,(H,43,44)(H,45,46). The summed E-state index contributed by atoms with van der Waals surface area (Å²) >= 11 is 0. The van der Waals surface area contributed by atoms with E-state index < -0.39 is 29.6 Å². The zero-order valence-corrected chi connectivity index (χ0v) is 29.4. The van der Waals surface area contributed by atoms with Gasteiger partial charge in [-0.25, -0.2) is 4.79 Å². The Hall–Kier alpha value is -1.66. The van der Waals surface area contributed by atoms with Crippen molar-refractivity contribution >= 4 is 11.9 Å². The molecule has 6 aliphatic carbocycles. The molecule has 0 aromatic carbocycles. The van der Waals surface area contributed by atoms with Crippen molar-refractivity contribution in [1.82, 2.24) is 0 Å². The lowest BCUT2D eigenvalue weighted by molar-refractivity contribution is -0.257. The van der Waals surface area contributed by atoms with Gasteiger partial charge in [-0.15, -0.1) is 0 Å². The van der Waals surface area contributed by atoms with E-state index >= 15 is 0 Å². The van der Waals surface area contributed by atoms with Crippen LogP contribution >= 0.6 is 0 Å². The summed E-state index contributed by atoms with van der Waals surface area (Å²) in [6.45, 7) is 18.8. The number of allylic oxidation sites excluding steroid dienone is 2. The third kappa shape index (κ3) is 4.83. The van der Waals surface area contributed by atoms with Gasteiger partial charge in [0.2, 0.25) is 0 Å². The minimum Gasteiger partial charge on any atom is -0.481 e. The molecule has 0 heterocycles. The molecule has 6 nitrogen and oxygen atoms in total. The van der Waals surface area contributed by atoms with Gasteiger partial charge in [0.1, 0.15) is 0 Å². The van der Waals surface area contributed by atoms with Gasteiger partial charge in [0, 0.05) is 6.08 Å². The molecule has 6 saturated carbocycles. The quantitative estimate of drug-likeness (QED) is 0.173. The number of carbonyl (C=O) groups is 2. The molecule has 258 valence electrons. The van der Waals surface area contributed by atoms with E-state index in [1.54, 1.807) is 6.08 Å². The molecule has 0 aromatic heterocycles. The zero-order valence-electron chi connectivity index (χ0n) is 29.4. The lowest BCUT2D eigenvalue weighted by Gasteiger charge is -2.73. The van der Waals surface area contributed by atoms with Crippen molar-refractivity contribution in [3.05, 3.63) is 24.3 Å². The first-order chi connectivity index (χ1) is 21.4. The van der Waals surface area contributed by atoms with E-state index in [1.165, 1.54) is 6.08 Å². The van der Waals surface area contributed by atoms with Crippen molar-refractivity contribution in [3.8, 4) is 0 Å². The summed E-state index contributed by atoms with van der Waals surface area (Å²) in [6.07, 6.45) is 14.0. The Bertz CT molecular complexity index is 1270. The van der Waals surface area contributed by atoms with E-state index in [0.29, 0.717) is 30.1 Å². The normalized spacial score (nSPS) is 51.4. The van der Waals surface area contributed by atoms with E-state index in [0.717, 1.165) is 82.6 Å². The zero-order chi connectivity index (χ0) is 33.6. The molecule has 0 aliphatic heterocycles. The summed E-state index contributed by atoms with van der Waals surface area (Å²) in [5.41, 5.74) is 0.582. The lowest BCUT2D eigenvalue weighted by Crippen LogP contribution is -2.68. The molecule has 14 atom stereocenters. The van der Waals surface area contributed by atoms with Crippen LogP contribution in [0.3, 0.4) is 0 Å². The number of rotatable bonds is 6. The Kier molecular flexibility index (Phi) is 8.52. The fourth-order valence-electron chi connectivity index (χ4n) is 14.5. The largest absolute Gasteiger partial charge is 0.481 e. The van der Waals surface area contributed by atoms with Crippen LogP contribution < -0.4 is 0 Å². The summed E-state index contributed by atoms with van der Waals surface area (Å²) < 4.78 is 0. The molecule has 0 radical (unpaired) electrons. The molecular formula is C40H62O6. The van der Waals surface area contributed by atoms with Gasteiger partial charge in [-0.3, -0.25) is 4.79 Å². The van der Waals surface area contributed by atoms with Crippen LogP contribution in [0.4, 0.5) is 0 Å². The van der Waals surface area contributed by atoms with E-state index in [9.17, 15) is 24.9 Å². The highest BCUT2D eigenvalue weighted by Gasteiger charge is 2.72. The second kappa shape index (κ2) is 11.5. The van der Waals surface area contributed by atoms with Gasteiger partial charge in [-0.1, -0.05) is 52.8 Å². The topological polar surface area (TPSA) is 115 Å². The second-order valence-corrected chi connectivity index (χ2v) is 18.7. The maximum Gasteiger partial charge on any atom is 0.327 e. The van der Waals surface area contributed by atoms with Crippen LogP contribution in [0, 0.1) is 74.4 Å². The summed E-state index contributed by atoms with van der Waals surface area (Å²) in [5.74, 6) is 0.578. The fourth-order valence-corrected chi connectivity index (χ4v) is 14.5. The molecule has 6 heteroatoms. The highest BCUT2D eigenvalue weighted by Crippen LogP contribution is 2.78. The van der Waals surface area contributed by atoms with Crippen LogP contribution in [-0.2, 0) is 9.59 Å². The molecule has 14 unspecified atom stereocenters. The third-order valence-corrected chi connectivity index (χ3v) is 16.8. The minimum absolute atomic E-state index is 0.0108. The molecule has 0 bridgehead atoms. The number of aliphatic hydroxyl groups excluding tert-OH is 2. The van der Waals surface area contributed by atoms with E-state index in [-0.39, 0.29) is 45.3 Å². The van der Waals surface area contributed by atoms with E-state index in [2.05, 4.69) is 48.1 Å². The van der Waals surface area contributed by atoms with Crippen molar-refractivity contribution in [1.29, 1.82) is 0 Å². The van der Waals surface area contributed by atoms with Gasteiger partial charge < -0.3 is 20.4 Å². The smallest absolute Gasteiger partial charge is 0.327 e. The molecular weight excluding hydrogens is 576 g/mol. The Morgan fingerprint density at radius 1 is 0.826 bits per heavy atom. The first-order valence-electron chi connectivity index (χ1n) is 18.6. The maximum absolute atomic E-state index is 13.0. The summed E-state index contributed by atoms with van der Waals surface area (Å²) in [6, 6.07) is 0. The van der Waals surface area contributed by atoms with Crippen LogP contribution in [0.1, 0.15) is 125 Å². The summed E-state index contributed by atoms with van der Waals surface area (Å²) in [7, 11) is 0. The SMILES string of the molecule is C=C(C)C1CCC2(C(=O)O)CCC3(C)C(CCC4C5(C)CC(O)C(CC6CC(C=CC(=O)O)CCC6O)C(C)(C)C5CCC43C)C12. The molecule has 6 rings (SSSR count). The predicted molar refractivity (Wildman–Crippen MR) is 180 cm³/mol. The first-order valence-corrected chi connectivity index (χ1v) is 18.6. The Labute approximate surface area is 277 Å². The van der Waals surface area contributed by atoms with Gasteiger partial charge in [-0.05, 0) is 159 Å². The minimum atomic E-state index is -0.925. The van der Waals surface area contributed by atoms with Crippen molar-refractivity contribution in [2.45, 2.75) is 137 Å². The number of hydrogen-bond donors (Lipinski definition) is 4. The van der Waals surface area contributed by atoms with Gasteiger partial charge >= 0.3 is 11.9 Å². The highest BCUT2D eigenvalue weighted by atomic mass is 16.4. The average Bonchev–Trinajstić information content (AvgIpc) is 3.37. The fraction of sp³-hybridized carbons (Fsp3) is 0.850. The molecule has 6 fully saturated rings. The Morgan fingerprint density at radius 3 is 2.20 bits per heavy atom. The summed E-state index contributed by atoms with van der Waals surface area (Å²) in [5, 5.41) is 43.0. The highest BCUT2D eigenvalue weighted by molar-refractivity contribution is 5.79. The summed E-state index contributed by atoms with van der Waals surface area (Å²) in [4.78, 5) is 24.1. The van der Waals surface area contributed by atoms with Crippen LogP contribution in [0.2, 0.25) is 0 Å². The molecule has 4 N–H and O–H groups in total. The number of hydrogen-bond acceptors (Lipinski definition) is 4. The van der Waals surface area contributed by atoms with E-state index in [4.69, 9.17) is 5.11 Å². The van der Waals surface area contributed by atoms with Crippen LogP contribution in [0.25, 0.3) is 0 Å². The predicted octanol–water partition coefficient (Wildman–Crippen LogP) is 8.12. The lowest BCUT2D eigenvalue weighted by atomic mass is 9.31. The van der Waals surface area contributed by atoms with E-state index in [1.807, 2.05) is 0 Å². The molecule has 0 spiro atoms. The molecule has 46 heavy (non-hydrogen) atoms. The maximum atomic E-state index is 13.0. The van der Waals surface area contributed by atoms with Crippen molar-refractivity contribution in [2.24, 2.45) is 74.4 Å². The van der Waals surface area contributed by atoms with Crippen molar-refractivity contribution in [3.63, 3.8) is 0 Å². The van der Waals surface area contributed by atoms with Gasteiger partial charge in [0.05, 0.1) is 17.6 Å². The average molecular weight is 639 g/mol. The Morgan fingerprint density at radius 2 is 1.54 bits per heavy atom. The first kappa shape index (κ1) is 34.2. The molecule has 0 saturated heterocycles. The molecule has 0 aromatic rings. The van der Waals surface area contributed by atoms with Crippen LogP contribution in [0.5, 0.6) is 0 Å². The number of carboxylic acid groups (broad SMARTS) is 2. The third-order valence-electron chi connectivity index (χ3n) is 16.8. The number of aliphatic carboxylic acids is 2. The number of aliphatic hydroxyl groups is 2. The molecule has 6 aliphatic rings. The van der Waals surface area contributed by atoms with Crippen molar-refractivity contribution in [2.75, 3.05) is 0 Å². The van der Waals surface area contributed by atoms with Crippen LogP contribution in [0.15, 0.2) is 24.3 Å². The number of fused-ring (bicyclic) bond motifs is 7. The van der Waals surface area contributed by atoms with Gasteiger partial charge in [-0.2, -0.15) is 0 Å². The van der Waals surface area contributed by atoms with Crippen LogP contribution in [-0.4, -0.2) is 44.6 Å².